The standard InChI is InChI=1S/C12H12N2O/c1-12(10-5-3-2-4-6-10)9-14-8-7-13-11(14)15-12/h2-8H,9H2,1H3/t12-/m0/s1. The lowest BCUT2D eigenvalue weighted by Gasteiger charge is -2.22. The van der Waals surface area contributed by atoms with E-state index in [0.717, 1.165) is 6.54 Å². The molecule has 0 spiro atoms. The van der Waals surface area contributed by atoms with Gasteiger partial charge in [0.05, 0.1) is 6.54 Å². The monoisotopic (exact) mass is 200 g/mol. The van der Waals surface area contributed by atoms with Gasteiger partial charge in [-0.1, -0.05) is 30.3 Å². The molecular formula is C12H12N2O. The van der Waals surface area contributed by atoms with E-state index in [4.69, 9.17) is 4.74 Å². The van der Waals surface area contributed by atoms with E-state index in [0.29, 0.717) is 6.01 Å². The van der Waals surface area contributed by atoms with Crippen molar-refractivity contribution in [2.75, 3.05) is 0 Å². The highest BCUT2D eigenvalue weighted by Gasteiger charge is 2.36. The summed E-state index contributed by atoms with van der Waals surface area (Å²) in [5, 5.41) is 0. The van der Waals surface area contributed by atoms with Crippen LogP contribution in [-0.2, 0) is 12.1 Å². The Bertz CT molecular complexity index is 455. The van der Waals surface area contributed by atoms with Gasteiger partial charge in [0.1, 0.15) is 0 Å². The number of ether oxygens (including phenoxy) is 1. The van der Waals surface area contributed by atoms with Crippen molar-refractivity contribution in [3.8, 4) is 6.01 Å². The maximum atomic E-state index is 5.87. The zero-order valence-electron chi connectivity index (χ0n) is 8.55. The molecule has 1 aromatic heterocycles. The fourth-order valence-corrected chi connectivity index (χ4v) is 2.02. The molecule has 2 heterocycles. The Balaban J connectivity index is 1.99. The average molecular weight is 200 g/mol. The molecule has 1 aliphatic rings. The van der Waals surface area contributed by atoms with Crippen LogP contribution < -0.4 is 4.74 Å². The lowest BCUT2D eigenvalue weighted by atomic mass is 9.96. The number of rotatable bonds is 1. The molecule has 1 aliphatic heterocycles. The van der Waals surface area contributed by atoms with Crippen LogP contribution in [0.4, 0.5) is 0 Å². The summed E-state index contributed by atoms with van der Waals surface area (Å²) in [6, 6.07) is 11.0. The van der Waals surface area contributed by atoms with Crippen LogP contribution in [0.5, 0.6) is 6.01 Å². The highest BCUT2D eigenvalue weighted by Crippen LogP contribution is 2.35. The van der Waals surface area contributed by atoms with Gasteiger partial charge in [-0.3, -0.25) is 4.57 Å². The highest BCUT2D eigenvalue weighted by atomic mass is 16.5. The minimum atomic E-state index is -0.273. The van der Waals surface area contributed by atoms with E-state index < -0.39 is 0 Å². The van der Waals surface area contributed by atoms with E-state index >= 15 is 0 Å². The quantitative estimate of drug-likeness (QED) is 0.705. The second kappa shape index (κ2) is 2.86. The van der Waals surface area contributed by atoms with Crippen molar-refractivity contribution in [3.05, 3.63) is 48.3 Å². The third-order valence-corrected chi connectivity index (χ3v) is 2.85. The number of hydrogen-bond donors (Lipinski definition) is 0. The van der Waals surface area contributed by atoms with Crippen LogP contribution in [0.3, 0.4) is 0 Å². The number of aromatic nitrogens is 2. The highest BCUT2D eigenvalue weighted by molar-refractivity contribution is 5.25. The second-order valence-electron chi connectivity index (χ2n) is 4.04. The Morgan fingerprint density at radius 3 is 2.87 bits per heavy atom. The van der Waals surface area contributed by atoms with E-state index in [-0.39, 0.29) is 5.60 Å². The van der Waals surface area contributed by atoms with E-state index in [1.54, 1.807) is 6.20 Å². The minimum Gasteiger partial charge on any atom is -0.452 e. The van der Waals surface area contributed by atoms with Gasteiger partial charge >= 0.3 is 0 Å². The van der Waals surface area contributed by atoms with Gasteiger partial charge in [-0.15, -0.1) is 0 Å². The van der Waals surface area contributed by atoms with Gasteiger partial charge in [0.25, 0.3) is 6.01 Å². The largest absolute Gasteiger partial charge is 0.452 e. The molecule has 1 atom stereocenters. The minimum absolute atomic E-state index is 0.273. The SMILES string of the molecule is C[C@@]1(c2ccccc2)Cn2ccnc2O1. The lowest BCUT2D eigenvalue weighted by molar-refractivity contribution is 0.108. The molecule has 1 aromatic carbocycles. The predicted molar refractivity (Wildman–Crippen MR) is 56.6 cm³/mol. The molecule has 0 aliphatic carbocycles. The van der Waals surface area contributed by atoms with Gasteiger partial charge < -0.3 is 4.74 Å². The van der Waals surface area contributed by atoms with Crippen LogP contribution in [0.1, 0.15) is 12.5 Å². The first-order chi connectivity index (χ1) is 7.28. The molecule has 3 nitrogen and oxygen atoms in total. The van der Waals surface area contributed by atoms with Crippen LogP contribution in [0.15, 0.2) is 42.7 Å². The Hall–Kier alpha value is -1.77. The molecule has 0 bridgehead atoms. The summed E-state index contributed by atoms with van der Waals surface area (Å²) < 4.78 is 7.91. The first-order valence-corrected chi connectivity index (χ1v) is 5.04. The Kier molecular flexibility index (Phi) is 1.63. The third-order valence-electron chi connectivity index (χ3n) is 2.85. The smallest absolute Gasteiger partial charge is 0.297 e. The van der Waals surface area contributed by atoms with Crippen molar-refractivity contribution in [3.63, 3.8) is 0 Å². The fourth-order valence-electron chi connectivity index (χ4n) is 2.02. The van der Waals surface area contributed by atoms with E-state index in [9.17, 15) is 0 Å². The zero-order chi connectivity index (χ0) is 10.3. The van der Waals surface area contributed by atoms with E-state index in [1.165, 1.54) is 5.56 Å². The number of hydrogen-bond acceptors (Lipinski definition) is 2. The lowest BCUT2D eigenvalue weighted by Crippen LogP contribution is -2.28. The topological polar surface area (TPSA) is 27.1 Å². The van der Waals surface area contributed by atoms with Crippen LogP contribution >= 0.6 is 0 Å². The van der Waals surface area contributed by atoms with E-state index in [2.05, 4.69) is 24.0 Å². The van der Waals surface area contributed by atoms with Crippen molar-refractivity contribution >= 4 is 0 Å². The molecule has 0 saturated heterocycles. The molecule has 0 radical (unpaired) electrons. The summed E-state index contributed by atoms with van der Waals surface area (Å²) in [4.78, 5) is 4.16. The zero-order valence-corrected chi connectivity index (χ0v) is 8.55. The molecule has 3 rings (SSSR count). The fraction of sp³-hybridized carbons (Fsp3) is 0.250. The van der Waals surface area contributed by atoms with Gasteiger partial charge in [0.2, 0.25) is 0 Å². The number of imidazole rings is 1. The second-order valence-corrected chi connectivity index (χ2v) is 4.04. The van der Waals surface area contributed by atoms with Crippen molar-refractivity contribution in [1.29, 1.82) is 0 Å². The van der Waals surface area contributed by atoms with Crippen molar-refractivity contribution in [2.45, 2.75) is 19.1 Å². The summed E-state index contributed by atoms with van der Waals surface area (Å²) >= 11 is 0. The van der Waals surface area contributed by atoms with Crippen molar-refractivity contribution < 1.29 is 4.74 Å². The molecular weight excluding hydrogens is 188 g/mol. The molecule has 0 unspecified atom stereocenters. The molecule has 76 valence electrons. The Labute approximate surface area is 88.3 Å². The normalized spacial score (nSPS) is 23.5. The van der Waals surface area contributed by atoms with Crippen LogP contribution in [0.2, 0.25) is 0 Å². The van der Waals surface area contributed by atoms with Crippen LogP contribution in [0.25, 0.3) is 0 Å². The molecule has 0 N–H and O–H groups in total. The maximum absolute atomic E-state index is 5.87. The summed E-state index contributed by atoms with van der Waals surface area (Å²) in [5.74, 6) is 0. The number of nitrogens with zero attached hydrogens (tertiary/aromatic N) is 2. The molecule has 2 aromatic rings. The van der Waals surface area contributed by atoms with Crippen molar-refractivity contribution in [2.24, 2.45) is 0 Å². The number of fused-ring (bicyclic) bond motifs is 1. The van der Waals surface area contributed by atoms with Gasteiger partial charge in [0, 0.05) is 12.4 Å². The summed E-state index contributed by atoms with van der Waals surface area (Å²) in [5.41, 5.74) is 0.917. The molecule has 0 amide bonds. The summed E-state index contributed by atoms with van der Waals surface area (Å²) in [6.45, 7) is 2.92. The predicted octanol–water partition coefficient (Wildman–Crippen LogP) is 2.19. The van der Waals surface area contributed by atoms with E-state index in [1.807, 2.05) is 29.0 Å². The van der Waals surface area contributed by atoms with Crippen molar-refractivity contribution in [1.82, 2.24) is 9.55 Å². The summed E-state index contributed by atoms with van der Waals surface area (Å²) in [7, 11) is 0. The van der Waals surface area contributed by atoms with Crippen LogP contribution in [-0.4, -0.2) is 9.55 Å². The molecule has 3 heteroatoms. The van der Waals surface area contributed by atoms with Gasteiger partial charge in [-0.2, -0.15) is 0 Å². The van der Waals surface area contributed by atoms with Gasteiger partial charge in [-0.05, 0) is 12.5 Å². The molecule has 0 fully saturated rings. The van der Waals surface area contributed by atoms with Gasteiger partial charge in [0.15, 0.2) is 5.60 Å². The average Bonchev–Trinajstić information content (AvgIpc) is 2.78. The third kappa shape index (κ3) is 1.23. The maximum Gasteiger partial charge on any atom is 0.297 e. The molecule has 15 heavy (non-hydrogen) atoms. The first-order valence-electron chi connectivity index (χ1n) is 5.04. The Morgan fingerprint density at radius 2 is 2.13 bits per heavy atom. The number of benzene rings is 1. The first kappa shape index (κ1) is 8.53. The summed E-state index contributed by atoms with van der Waals surface area (Å²) in [6.07, 6.45) is 3.71. The van der Waals surface area contributed by atoms with Gasteiger partial charge in [-0.25, -0.2) is 4.98 Å². The van der Waals surface area contributed by atoms with Crippen LogP contribution in [0, 0.1) is 0 Å². The Morgan fingerprint density at radius 1 is 1.33 bits per heavy atom. The molecule has 0 saturated carbocycles.